The Balaban J connectivity index is 1.45. The van der Waals surface area contributed by atoms with Crippen LogP contribution in [0.25, 0.3) is 0 Å². The van der Waals surface area contributed by atoms with Gasteiger partial charge in [-0.2, -0.15) is 0 Å². The van der Waals surface area contributed by atoms with Gasteiger partial charge in [0.1, 0.15) is 11.6 Å². The van der Waals surface area contributed by atoms with Crippen molar-refractivity contribution in [3.8, 4) is 5.75 Å². The van der Waals surface area contributed by atoms with Crippen molar-refractivity contribution in [1.82, 2.24) is 10.2 Å². The monoisotopic (exact) mass is 384 g/mol. The zero-order valence-corrected chi connectivity index (χ0v) is 16.2. The molecule has 0 saturated carbocycles. The minimum absolute atomic E-state index is 0.0140. The van der Waals surface area contributed by atoms with E-state index in [1.807, 2.05) is 32.0 Å². The Labute approximate surface area is 164 Å². The van der Waals surface area contributed by atoms with Crippen molar-refractivity contribution >= 4 is 11.8 Å². The van der Waals surface area contributed by atoms with Crippen molar-refractivity contribution in [3.05, 3.63) is 65.0 Å². The number of hydrogen-bond donors (Lipinski definition) is 1. The van der Waals surface area contributed by atoms with Crippen molar-refractivity contribution in [1.29, 1.82) is 0 Å². The summed E-state index contributed by atoms with van der Waals surface area (Å²) < 4.78 is 19.4. The number of hydrogen-bond acceptors (Lipinski definition) is 3. The summed E-state index contributed by atoms with van der Waals surface area (Å²) in [5, 5.41) is 2.95. The van der Waals surface area contributed by atoms with Gasteiger partial charge in [0.05, 0.1) is 5.56 Å². The van der Waals surface area contributed by atoms with Crippen LogP contribution < -0.4 is 10.1 Å². The maximum absolute atomic E-state index is 13.8. The van der Waals surface area contributed by atoms with E-state index in [9.17, 15) is 14.0 Å². The lowest BCUT2D eigenvalue weighted by atomic mass is 10.0. The largest absolute Gasteiger partial charge is 0.484 e. The zero-order chi connectivity index (χ0) is 20.1. The summed E-state index contributed by atoms with van der Waals surface area (Å²) in [4.78, 5) is 26.3. The van der Waals surface area contributed by atoms with E-state index in [1.165, 1.54) is 12.1 Å². The fourth-order valence-electron chi connectivity index (χ4n) is 3.41. The zero-order valence-electron chi connectivity index (χ0n) is 16.2. The van der Waals surface area contributed by atoms with Gasteiger partial charge in [-0.3, -0.25) is 9.59 Å². The highest BCUT2D eigenvalue weighted by molar-refractivity contribution is 5.94. The first kappa shape index (κ1) is 19.9. The second kappa shape index (κ2) is 8.87. The van der Waals surface area contributed by atoms with Gasteiger partial charge < -0.3 is 15.0 Å². The van der Waals surface area contributed by atoms with Crippen LogP contribution in [0.2, 0.25) is 0 Å². The molecule has 0 radical (unpaired) electrons. The van der Waals surface area contributed by atoms with E-state index in [0.29, 0.717) is 31.7 Å². The number of benzene rings is 2. The van der Waals surface area contributed by atoms with Gasteiger partial charge in [-0.25, -0.2) is 4.39 Å². The maximum Gasteiger partial charge on any atom is 0.258 e. The summed E-state index contributed by atoms with van der Waals surface area (Å²) >= 11 is 0. The molecule has 2 aromatic rings. The molecule has 0 aromatic heterocycles. The van der Waals surface area contributed by atoms with Crippen LogP contribution in [0.15, 0.2) is 42.5 Å². The maximum atomic E-state index is 13.8. The fourth-order valence-corrected chi connectivity index (χ4v) is 3.41. The fraction of sp³-hybridized carbons (Fsp3) is 0.364. The third-order valence-electron chi connectivity index (χ3n) is 4.94. The van der Waals surface area contributed by atoms with Gasteiger partial charge in [-0.15, -0.1) is 0 Å². The van der Waals surface area contributed by atoms with Crippen molar-refractivity contribution < 1.29 is 18.7 Å². The quantitative estimate of drug-likeness (QED) is 0.861. The Morgan fingerprint density at radius 3 is 2.54 bits per heavy atom. The smallest absolute Gasteiger partial charge is 0.258 e. The summed E-state index contributed by atoms with van der Waals surface area (Å²) in [5.41, 5.74) is 2.23. The molecule has 1 heterocycles. The predicted molar refractivity (Wildman–Crippen MR) is 105 cm³/mol. The molecule has 0 unspecified atom stereocenters. The minimum Gasteiger partial charge on any atom is -0.484 e. The Kier molecular flexibility index (Phi) is 6.29. The molecule has 5 nitrogen and oxygen atoms in total. The normalized spacial score (nSPS) is 14.6. The van der Waals surface area contributed by atoms with E-state index in [2.05, 4.69) is 5.32 Å². The second-order valence-corrected chi connectivity index (χ2v) is 7.17. The van der Waals surface area contributed by atoms with E-state index < -0.39 is 5.82 Å². The van der Waals surface area contributed by atoms with Crippen LogP contribution in [0.3, 0.4) is 0 Å². The van der Waals surface area contributed by atoms with Crippen LogP contribution in [0.1, 0.15) is 34.3 Å². The number of nitrogens with one attached hydrogen (secondary N) is 1. The number of carbonyl (C=O) groups excluding carboxylic acids is 2. The molecular weight excluding hydrogens is 359 g/mol. The molecule has 0 bridgehead atoms. The van der Waals surface area contributed by atoms with Crippen LogP contribution in [-0.2, 0) is 4.79 Å². The SMILES string of the molecule is Cc1ccc(OCC(=O)NC2CCN(C(=O)c3ccccc3F)CC2)c(C)c1. The summed E-state index contributed by atoms with van der Waals surface area (Å²) in [6, 6.07) is 11.8. The molecule has 1 N–H and O–H groups in total. The first-order chi connectivity index (χ1) is 13.4. The molecule has 28 heavy (non-hydrogen) atoms. The molecule has 2 aromatic carbocycles. The molecule has 3 rings (SSSR count). The second-order valence-electron chi connectivity index (χ2n) is 7.17. The third kappa shape index (κ3) is 4.88. The summed E-state index contributed by atoms with van der Waals surface area (Å²) in [5.74, 6) is -0.294. The Morgan fingerprint density at radius 1 is 1.14 bits per heavy atom. The highest BCUT2D eigenvalue weighted by atomic mass is 19.1. The number of rotatable bonds is 5. The number of likely N-dealkylation sites (tertiary alicyclic amines) is 1. The van der Waals surface area contributed by atoms with Gasteiger partial charge in [0.15, 0.2) is 6.61 Å². The third-order valence-corrected chi connectivity index (χ3v) is 4.94. The molecule has 1 aliphatic heterocycles. The summed E-state index contributed by atoms with van der Waals surface area (Å²) in [6.07, 6.45) is 1.27. The molecule has 148 valence electrons. The van der Waals surface area contributed by atoms with Crippen molar-refractivity contribution in [2.24, 2.45) is 0 Å². The van der Waals surface area contributed by atoms with Gasteiger partial charge in [0.25, 0.3) is 11.8 Å². The number of ether oxygens (including phenoxy) is 1. The lowest BCUT2D eigenvalue weighted by molar-refractivity contribution is -0.124. The van der Waals surface area contributed by atoms with Crippen LogP contribution in [0, 0.1) is 19.7 Å². The first-order valence-electron chi connectivity index (χ1n) is 9.47. The highest BCUT2D eigenvalue weighted by Gasteiger charge is 2.26. The van der Waals surface area contributed by atoms with Gasteiger partial charge in [-0.1, -0.05) is 29.8 Å². The Hall–Kier alpha value is -2.89. The van der Waals surface area contributed by atoms with Crippen LogP contribution >= 0.6 is 0 Å². The molecule has 0 aliphatic carbocycles. The topological polar surface area (TPSA) is 58.6 Å². The van der Waals surface area contributed by atoms with Gasteiger partial charge in [-0.05, 0) is 50.5 Å². The van der Waals surface area contributed by atoms with E-state index in [0.717, 1.165) is 11.1 Å². The van der Waals surface area contributed by atoms with Gasteiger partial charge in [0, 0.05) is 19.1 Å². The van der Waals surface area contributed by atoms with Gasteiger partial charge in [0.2, 0.25) is 0 Å². The molecule has 1 saturated heterocycles. The van der Waals surface area contributed by atoms with E-state index in [-0.39, 0.29) is 30.0 Å². The average Bonchev–Trinajstić information content (AvgIpc) is 2.68. The number of halogens is 1. The Bertz CT molecular complexity index is 861. The summed E-state index contributed by atoms with van der Waals surface area (Å²) in [7, 11) is 0. The predicted octanol–water partition coefficient (Wildman–Crippen LogP) is 3.24. The number of nitrogens with zero attached hydrogens (tertiary/aromatic N) is 1. The van der Waals surface area contributed by atoms with E-state index in [4.69, 9.17) is 4.74 Å². The number of piperidine rings is 1. The van der Waals surface area contributed by atoms with Gasteiger partial charge >= 0.3 is 0 Å². The molecular formula is C22H25FN2O3. The molecule has 1 aliphatic rings. The first-order valence-corrected chi connectivity index (χ1v) is 9.47. The molecule has 6 heteroatoms. The lowest BCUT2D eigenvalue weighted by Gasteiger charge is -2.32. The molecule has 0 spiro atoms. The van der Waals surface area contributed by atoms with Crippen molar-refractivity contribution in [2.75, 3.05) is 19.7 Å². The van der Waals surface area contributed by atoms with Crippen molar-refractivity contribution in [2.45, 2.75) is 32.7 Å². The molecule has 0 atom stereocenters. The average molecular weight is 384 g/mol. The van der Waals surface area contributed by atoms with Crippen LogP contribution in [0.4, 0.5) is 4.39 Å². The summed E-state index contributed by atoms with van der Waals surface area (Å²) in [6.45, 7) is 4.87. The molecule has 1 fully saturated rings. The van der Waals surface area contributed by atoms with Crippen LogP contribution in [0.5, 0.6) is 5.75 Å². The molecule has 2 amide bonds. The Morgan fingerprint density at radius 2 is 1.86 bits per heavy atom. The van der Waals surface area contributed by atoms with E-state index >= 15 is 0 Å². The number of carbonyl (C=O) groups is 2. The standard InChI is InChI=1S/C22H25FN2O3/c1-15-7-8-20(16(2)13-15)28-14-21(26)24-17-9-11-25(12-10-17)22(27)18-5-3-4-6-19(18)23/h3-8,13,17H,9-12,14H2,1-2H3,(H,24,26). The van der Waals surface area contributed by atoms with E-state index in [1.54, 1.807) is 17.0 Å². The number of aryl methyl sites for hydroxylation is 2. The minimum atomic E-state index is -0.508. The highest BCUT2D eigenvalue weighted by Crippen LogP contribution is 2.19. The number of amides is 2. The van der Waals surface area contributed by atoms with Crippen molar-refractivity contribution in [3.63, 3.8) is 0 Å². The van der Waals surface area contributed by atoms with Crippen LogP contribution in [-0.4, -0.2) is 42.5 Å². The lowest BCUT2D eigenvalue weighted by Crippen LogP contribution is -2.47.